The zero-order valence-corrected chi connectivity index (χ0v) is 37.9. The van der Waals surface area contributed by atoms with E-state index in [2.05, 4.69) is 61.5 Å². The standard InChI is InChI=1S/C26H39NO3.C25H40O4/c1-5-18-22-14-17(30-15-28)8-11-26(22,4)21-9-12-25(3)19(16(2)10-13-27)6-7-20(25)23(21)24(18)29;1-5-16-20-13-15(26)8-10-25(20,4)19-9-11-24(3)17(14(2)12-21(27)28)6-7-18(24)22(19)23(16)29/h15-23H,5-12,14H2,1-4H3;14-20,22,26H,5-13H2,1-4H3,(H,27,28)/t16-,17-,18-,19-,20?,21?,22?,23?,25-,26-;14-,15-,16-,17-,18?,19?,20?,22?,24-,25-/m11/s1. The maximum Gasteiger partial charge on any atom is 0.303 e. The number of ketones is 2. The number of ether oxygens (including phenoxy) is 1. The molecule has 8 unspecified atom stereocenters. The molecule has 0 amide bonds. The quantitative estimate of drug-likeness (QED) is 0.219. The van der Waals surface area contributed by atoms with Gasteiger partial charge in [0.15, 0.2) is 0 Å². The lowest BCUT2D eigenvalue weighted by Gasteiger charge is -2.62. The van der Waals surface area contributed by atoms with Gasteiger partial charge in [-0.25, -0.2) is 0 Å². The average molecular weight is 818 g/mol. The fourth-order valence-corrected chi connectivity index (χ4v) is 18.1. The molecule has 0 aromatic carbocycles. The van der Waals surface area contributed by atoms with Crippen LogP contribution in [0.25, 0.3) is 0 Å². The van der Waals surface area contributed by atoms with Crippen molar-refractivity contribution in [1.82, 2.24) is 0 Å². The van der Waals surface area contributed by atoms with E-state index in [4.69, 9.17) is 4.74 Å². The number of carboxylic acids is 1. The molecule has 8 nitrogen and oxygen atoms in total. The monoisotopic (exact) mass is 818 g/mol. The number of aliphatic hydroxyl groups excluding tert-OH is 1. The van der Waals surface area contributed by atoms with Crippen LogP contribution < -0.4 is 0 Å². The highest BCUT2D eigenvalue weighted by Gasteiger charge is 2.67. The summed E-state index contributed by atoms with van der Waals surface area (Å²) >= 11 is 0. The molecule has 330 valence electrons. The molecule has 8 rings (SSSR count). The van der Waals surface area contributed by atoms with E-state index < -0.39 is 5.97 Å². The van der Waals surface area contributed by atoms with E-state index in [1.165, 1.54) is 12.8 Å². The normalized spacial score (nSPS) is 49.5. The van der Waals surface area contributed by atoms with Crippen LogP contribution in [0.1, 0.15) is 171 Å². The summed E-state index contributed by atoms with van der Waals surface area (Å²) < 4.78 is 5.37. The van der Waals surface area contributed by atoms with Gasteiger partial charge in [-0.05, 0) is 184 Å². The van der Waals surface area contributed by atoms with Crippen LogP contribution in [-0.4, -0.2) is 46.4 Å². The molecule has 0 spiro atoms. The molecular formula is C51H79NO7. The number of aliphatic carboxylic acids is 1. The van der Waals surface area contributed by atoms with Gasteiger partial charge in [-0.15, -0.1) is 0 Å². The van der Waals surface area contributed by atoms with Gasteiger partial charge < -0.3 is 14.9 Å². The Kier molecular flexibility index (Phi) is 12.7. The van der Waals surface area contributed by atoms with Crippen molar-refractivity contribution >= 4 is 24.0 Å². The van der Waals surface area contributed by atoms with Crippen LogP contribution >= 0.6 is 0 Å². The number of hydrogen-bond acceptors (Lipinski definition) is 7. The third-order valence-corrected chi connectivity index (χ3v) is 20.9. The van der Waals surface area contributed by atoms with Gasteiger partial charge in [0, 0.05) is 36.5 Å². The van der Waals surface area contributed by atoms with Gasteiger partial charge in [-0.1, -0.05) is 55.4 Å². The van der Waals surface area contributed by atoms with Crippen LogP contribution in [0, 0.1) is 116 Å². The molecule has 8 aliphatic rings. The third kappa shape index (κ3) is 7.18. The Labute approximate surface area is 356 Å². The summed E-state index contributed by atoms with van der Waals surface area (Å²) in [6.07, 6.45) is 17.0. The molecule has 2 N–H and O–H groups in total. The minimum absolute atomic E-state index is 0.0180. The highest BCUT2D eigenvalue weighted by Crippen LogP contribution is 2.70. The van der Waals surface area contributed by atoms with E-state index in [1.807, 2.05) is 0 Å². The fraction of sp³-hybridized carbons (Fsp3) is 0.902. The topological polar surface area (TPSA) is 142 Å². The first-order chi connectivity index (χ1) is 27.9. The summed E-state index contributed by atoms with van der Waals surface area (Å²) in [6.45, 7) is 19.0. The Balaban J connectivity index is 0.000000179. The second-order valence-electron chi connectivity index (χ2n) is 23.0. The average Bonchev–Trinajstić information content (AvgIpc) is 3.73. The lowest BCUT2D eigenvalue weighted by Crippen LogP contribution is -2.60. The minimum atomic E-state index is -0.700. The van der Waals surface area contributed by atoms with Crippen LogP contribution in [0.15, 0.2) is 0 Å². The molecule has 8 fully saturated rings. The van der Waals surface area contributed by atoms with Gasteiger partial charge in [-0.3, -0.25) is 19.2 Å². The number of nitriles is 1. The van der Waals surface area contributed by atoms with E-state index in [9.17, 15) is 34.7 Å². The highest BCUT2D eigenvalue weighted by atomic mass is 16.5. The first-order valence-corrected chi connectivity index (χ1v) is 24.4. The molecule has 0 aromatic rings. The highest BCUT2D eigenvalue weighted by molar-refractivity contribution is 5.86. The van der Waals surface area contributed by atoms with E-state index >= 15 is 0 Å². The number of aliphatic hydroxyl groups is 1. The molecule has 8 aliphatic carbocycles. The van der Waals surface area contributed by atoms with Crippen molar-refractivity contribution < 1.29 is 34.1 Å². The van der Waals surface area contributed by atoms with E-state index in [0.717, 1.165) is 89.9 Å². The maximum atomic E-state index is 14.0. The van der Waals surface area contributed by atoms with Crippen LogP contribution in [0.5, 0.6) is 0 Å². The number of nitrogens with zero attached hydrogens (tertiary/aromatic N) is 1. The van der Waals surface area contributed by atoms with Crippen molar-refractivity contribution in [3.8, 4) is 6.07 Å². The zero-order chi connectivity index (χ0) is 42.8. The number of Topliss-reactive ketones (excluding diaryl/α,β-unsaturated/α-hetero) is 2. The number of hydrogen-bond donors (Lipinski definition) is 2. The zero-order valence-electron chi connectivity index (χ0n) is 37.9. The Morgan fingerprint density at radius 1 is 0.712 bits per heavy atom. The molecule has 0 bridgehead atoms. The summed E-state index contributed by atoms with van der Waals surface area (Å²) in [7, 11) is 0. The number of carbonyl (C=O) groups is 4. The first-order valence-electron chi connectivity index (χ1n) is 24.4. The molecular weight excluding hydrogens is 739 g/mol. The maximum absolute atomic E-state index is 14.0. The molecule has 0 aliphatic heterocycles. The number of carboxylic acid groups (broad SMARTS) is 1. The summed E-state index contributed by atoms with van der Waals surface area (Å²) in [6, 6.07) is 2.39. The summed E-state index contributed by atoms with van der Waals surface area (Å²) in [4.78, 5) is 50.1. The van der Waals surface area contributed by atoms with Crippen molar-refractivity contribution in [1.29, 1.82) is 5.26 Å². The van der Waals surface area contributed by atoms with Crippen LogP contribution in [0.3, 0.4) is 0 Å². The van der Waals surface area contributed by atoms with Gasteiger partial charge >= 0.3 is 5.97 Å². The Morgan fingerprint density at radius 2 is 1.17 bits per heavy atom. The number of fused-ring (bicyclic) bond motifs is 10. The Bertz CT molecular complexity index is 1640. The fourth-order valence-electron chi connectivity index (χ4n) is 18.1. The molecule has 0 radical (unpaired) electrons. The second kappa shape index (κ2) is 16.8. The molecule has 20 atom stereocenters. The molecule has 0 aromatic heterocycles. The van der Waals surface area contributed by atoms with E-state index in [1.54, 1.807) is 0 Å². The third-order valence-electron chi connectivity index (χ3n) is 20.9. The van der Waals surface area contributed by atoms with Gasteiger partial charge in [0.2, 0.25) is 0 Å². The van der Waals surface area contributed by atoms with Gasteiger partial charge in [0.05, 0.1) is 12.2 Å². The van der Waals surface area contributed by atoms with Crippen LogP contribution in [-0.2, 0) is 23.9 Å². The van der Waals surface area contributed by atoms with Gasteiger partial charge in [0.25, 0.3) is 6.47 Å². The van der Waals surface area contributed by atoms with Crippen molar-refractivity contribution in [2.45, 2.75) is 183 Å². The van der Waals surface area contributed by atoms with E-state index in [-0.39, 0.29) is 69.9 Å². The summed E-state index contributed by atoms with van der Waals surface area (Å²) in [5.41, 5.74) is 0.651. The molecule has 8 heteroatoms. The molecule has 0 saturated heterocycles. The van der Waals surface area contributed by atoms with Crippen LogP contribution in [0.2, 0.25) is 0 Å². The van der Waals surface area contributed by atoms with Gasteiger partial charge in [-0.2, -0.15) is 5.26 Å². The largest absolute Gasteiger partial charge is 0.481 e. The predicted octanol–water partition coefficient (Wildman–Crippen LogP) is 10.5. The Morgan fingerprint density at radius 3 is 1.64 bits per heavy atom. The SMILES string of the molecule is CC[C@H]1C(=O)C2C(CC[C@@]3(C)C2CC[C@@H]3[C@H](C)CC#N)[C@@]2(C)CC[C@@H](OC=O)CC12.CC[C@H]1C(=O)C2C(CC[C@@]3(C)C2CC[C@@H]3[C@H](C)CC(=O)O)[C@@]2(C)CC[C@@H](O)CC12. The molecule has 8 saturated carbocycles. The van der Waals surface area contributed by atoms with Crippen molar-refractivity contribution in [3.05, 3.63) is 0 Å². The Hall–Kier alpha value is -2.27. The van der Waals surface area contributed by atoms with Crippen molar-refractivity contribution in [3.63, 3.8) is 0 Å². The summed E-state index contributed by atoms with van der Waals surface area (Å²) in [5, 5.41) is 28.9. The van der Waals surface area contributed by atoms with Crippen LogP contribution in [0.4, 0.5) is 0 Å². The lowest BCUT2D eigenvalue weighted by atomic mass is 9.42. The molecule has 59 heavy (non-hydrogen) atoms. The summed E-state index contributed by atoms with van der Waals surface area (Å²) in [5.74, 6) is 4.89. The van der Waals surface area contributed by atoms with Crippen molar-refractivity contribution in [2.24, 2.45) is 105 Å². The van der Waals surface area contributed by atoms with Gasteiger partial charge in [0.1, 0.15) is 17.7 Å². The lowest BCUT2D eigenvalue weighted by molar-refractivity contribution is -0.176. The second-order valence-corrected chi connectivity index (χ2v) is 23.0. The molecule has 0 heterocycles. The number of carbonyl (C=O) groups excluding carboxylic acids is 3. The minimum Gasteiger partial charge on any atom is -0.481 e. The smallest absolute Gasteiger partial charge is 0.303 e. The van der Waals surface area contributed by atoms with Crippen molar-refractivity contribution in [2.75, 3.05) is 0 Å². The predicted molar refractivity (Wildman–Crippen MR) is 227 cm³/mol. The van der Waals surface area contributed by atoms with E-state index in [0.29, 0.717) is 77.7 Å². The first kappa shape index (κ1) is 44.8. The number of rotatable bonds is 9.